The maximum atomic E-state index is 13.4. The maximum absolute atomic E-state index is 13.4. The van der Waals surface area contributed by atoms with Crippen LogP contribution in [-0.2, 0) is 23.9 Å². The van der Waals surface area contributed by atoms with Gasteiger partial charge in [-0.2, -0.15) is 0 Å². The molecule has 1 aromatic rings. The molecule has 2 aliphatic rings. The lowest BCUT2D eigenvalue weighted by Crippen LogP contribution is -2.68. The number of thioether (sulfide) groups is 1. The number of nitrogens with zero attached hydrogens (tertiary/aromatic N) is 1. The third-order valence-electron chi connectivity index (χ3n) is 4.48. The van der Waals surface area contributed by atoms with Gasteiger partial charge in [0.2, 0.25) is 12.7 Å². The molecule has 8 nitrogen and oxygen atoms in total. The average Bonchev–Trinajstić information content (AvgIpc) is 2.70. The molecule has 1 saturated heterocycles. The van der Waals surface area contributed by atoms with Crippen molar-refractivity contribution in [3.63, 3.8) is 0 Å². The first-order chi connectivity index (χ1) is 14.1. The van der Waals surface area contributed by atoms with Crippen molar-refractivity contribution in [2.24, 2.45) is 11.1 Å². The normalized spacial score (nSPS) is 21.0. The van der Waals surface area contributed by atoms with E-state index >= 15 is 0 Å². The Morgan fingerprint density at radius 1 is 1.30 bits per heavy atom. The van der Waals surface area contributed by atoms with E-state index in [1.807, 2.05) is 0 Å². The fourth-order valence-electron chi connectivity index (χ4n) is 2.83. The summed E-state index contributed by atoms with van der Waals surface area (Å²) < 4.78 is 29.0. The first-order valence-corrected chi connectivity index (χ1v) is 10.3. The van der Waals surface area contributed by atoms with E-state index in [9.17, 15) is 18.8 Å². The summed E-state index contributed by atoms with van der Waals surface area (Å²) in [4.78, 5) is 38.1. The van der Waals surface area contributed by atoms with Crippen LogP contribution in [0.5, 0.6) is 5.75 Å². The molecule has 1 aromatic carbocycles. The second-order valence-electron chi connectivity index (χ2n) is 7.87. The van der Waals surface area contributed by atoms with Crippen LogP contribution in [0.2, 0.25) is 0 Å². The second-order valence-corrected chi connectivity index (χ2v) is 8.97. The molecule has 0 radical (unpaired) electrons. The molecule has 1 unspecified atom stereocenters. The molecule has 1 fully saturated rings. The van der Waals surface area contributed by atoms with Gasteiger partial charge in [-0.15, -0.1) is 11.8 Å². The Labute approximate surface area is 177 Å². The average molecular weight is 438 g/mol. The number of hydrogen-bond donors (Lipinski definition) is 1. The zero-order valence-corrected chi connectivity index (χ0v) is 17.7. The van der Waals surface area contributed by atoms with E-state index in [1.165, 1.54) is 34.9 Å². The number of benzene rings is 1. The minimum Gasteiger partial charge on any atom is -0.489 e. The van der Waals surface area contributed by atoms with Crippen LogP contribution in [-0.4, -0.2) is 53.3 Å². The second kappa shape index (κ2) is 8.65. The van der Waals surface area contributed by atoms with Gasteiger partial charge in [0.25, 0.3) is 0 Å². The molecule has 2 aliphatic heterocycles. The Morgan fingerprint density at radius 2 is 2.03 bits per heavy atom. The number of halogens is 1. The van der Waals surface area contributed by atoms with Gasteiger partial charge in [-0.05, 0) is 32.9 Å². The molecule has 1 amide bonds. The quantitative estimate of drug-likeness (QED) is 0.407. The van der Waals surface area contributed by atoms with Crippen LogP contribution < -0.4 is 10.5 Å². The van der Waals surface area contributed by atoms with Crippen molar-refractivity contribution >= 4 is 29.6 Å². The summed E-state index contributed by atoms with van der Waals surface area (Å²) in [6, 6.07) is 4.88. The smallest absolute Gasteiger partial charge is 0.358 e. The van der Waals surface area contributed by atoms with Gasteiger partial charge in [-0.1, -0.05) is 6.07 Å². The van der Waals surface area contributed by atoms with Crippen LogP contribution in [0.1, 0.15) is 20.8 Å². The van der Waals surface area contributed by atoms with Gasteiger partial charge in [0.15, 0.2) is 0 Å². The third kappa shape index (κ3) is 4.59. The number of fused-ring (bicyclic) bond motifs is 1. The van der Waals surface area contributed by atoms with E-state index < -0.39 is 41.9 Å². The fraction of sp³-hybridized carbons (Fsp3) is 0.450. The van der Waals surface area contributed by atoms with E-state index in [4.69, 9.17) is 19.9 Å². The topological polar surface area (TPSA) is 108 Å². The number of hydrogen-bond acceptors (Lipinski definition) is 8. The molecule has 0 saturated carbocycles. The number of β-lactam (4-membered cyclic amide) rings is 1. The number of amides is 1. The largest absolute Gasteiger partial charge is 0.489 e. The molecule has 2 atom stereocenters. The SMILES string of the molecule is CC(C)(C)C(=O)OCOC(=O)C1=C(COc2cccc(F)c2)CS[C@@H]2C(N)C(=O)N12. The van der Waals surface area contributed by atoms with Crippen LogP contribution in [0, 0.1) is 11.2 Å². The minimum atomic E-state index is -0.819. The Hall–Kier alpha value is -2.59. The van der Waals surface area contributed by atoms with Crippen LogP contribution in [0.4, 0.5) is 4.39 Å². The molecule has 0 aromatic heterocycles. The number of carbonyl (C=O) groups excluding carboxylic acids is 3. The molecule has 0 aliphatic carbocycles. The third-order valence-corrected chi connectivity index (χ3v) is 5.84. The van der Waals surface area contributed by atoms with Crippen molar-refractivity contribution in [3.05, 3.63) is 41.4 Å². The molecule has 0 spiro atoms. The number of esters is 2. The van der Waals surface area contributed by atoms with Crippen molar-refractivity contribution < 1.29 is 33.0 Å². The molecule has 2 N–H and O–H groups in total. The van der Waals surface area contributed by atoms with E-state index in [-0.39, 0.29) is 23.4 Å². The van der Waals surface area contributed by atoms with Crippen LogP contribution in [0.25, 0.3) is 0 Å². The highest BCUT2D eigenvalue weighted by atomic mass is 32.2. The van der Waals surface area contributed by atoms with Crippen molar-refractivity contribution in [1.29, 1.82) is 0 Å². The van der Waals surface area contributed by atoms with Gasteiger partial charge >= 0.3 is 11.9 Å². The van der Waals surface area contributed by atoms with Crippen LogP contribution in [0.15, 0.2) is 35.5 Å². The predicted octanol–water partition coefficient (Wildman–Crippen LogP) is 1.79. The zero-order chi connectivity index (χ0) is 22.1. The van der Waals surface area contributed by atoms with Crippen LogP contribution >= 0.6 is 11.8 Å². The molecular formula is C20H23FN2O6S. The van der Waals surface area contributed by atoms with Crippen LogP contribution in [0.3, 0.4) is 0 Å². The molecule has 10 heteroatoms. The summed E-state index contributed by atoms with van der Waals surface area (Å²) in [6.45, 7) is 4.39. The van der Waals surface area contributed by atoms with Gasteiger partial charge in [-0.3, -0.25) is 14.5 Å². The van der Waals surface area contributed by atoms with Crippen molar-refractivity contribution in [2.45, 2.75) is 32.2 Å². The number of rotatable bonds is 6. The maximum Gasteiger partial charge on any atom is 0.358 e. The highest BCUT2D eigenvalue weighted by Crippen LogP contribution is 2.40. The highest BCUT2D eigenvalue weighted by molar-refractivity contribution is 8.00. The van der Waals surface area contributed by atoms with Crippen molar-refractivity contribution in [2.75, 3.05) is 19.2 Å². The van der Waals surface area contributed by atoms with Gasteiger partial charge in [0.1, 0.15) is 35.3 Å². The van der Waals surface area contributed by atoms with Gasteiger partial charge < -0.3 is 19.9 Å². The Morgan fingerprint density at radius 3 is 2.70 bits per heavy atom. The Balaban J connectivity index is 1.74. The lowest BCUT2D eigenvalue weighted by atomic mass is 9.98. The summed E-state index contributed by atoms with van der Waals surface area (Å²) in [6.07, 6.45) is 0. The number of carbonyl (C=O) groups is 3. The minimum absolute atomic E-state index is 0.0219. The molecule has 2 heterocycles. The summed E-state index contributed by atoms with van der Waals surface area (Å²) in [5.41, 5.74) is 5.59. The van der Waals surface area contributed by atoms with E-state index in [2.05, 4.69) is 0 Å². The lowest BCUT2D eigenvalue weighted by molar-refractivity contribution is -0.173. The van der Waals surface area contributed by atoms with Crippen molar-refractivity contribution in [1.82, 2.24) is 4.90 Å². The molecular weight excluding hydrogens is 415 g/mol. The van der Waals surface area contributed by atoms with Gasteiger partial charge in [0.05, 0.1) is 5.41 Å². The molecule has 30 heavy (non-hydrogen) atoms. The first kappa shape index (κ1) is 22.1. The summed E-state index contributed by atoms with van der Waals surface area (Å²) >= 11 is 1.40. The molecule has 162 valence electrons. The predicted molar refractivity (Wildman–Crippen MR) is 106 cm³/mol. The summed E-state index contributed by atoms with van der Waals surface area (Å²) in [5.74, 6) is -1.55. The van der Waals surface area contributed by atoms with E-state index in [0.29, 0.717) is 11.3 Å². The molecule has 0 bridgehead atoms. The summed E-state index contributed by atoms with van der Waals surface area (Å²) in [5, 5.41) is -0.380. The number of nitrogens with two attached hydrogens (primary N) is 1. The first-order valence-electron chi connectivity index (χ1n) is 9.24. The van der Waals surface area contributed by atoms with E-state index in [0.717, 1.165) is 0 Å². The monoisotopic (exact) mass is 438 g/mol. The number of ether oxygens (including phenoxy) is 3. The molecule has 3 rings (SSSR count). The highest BCUT2D eigenvalue weighted by Gasteiger charge is 2.52. The van der Waals surface area contributed by atoms with Crippen molar-refractivity contribution in [3.8, 4) is 5.75 Å². The van der Waals surface area contributed by atoms with E-state index in [1.54, 1.807) is 26.8 Å². The lowest BCUT2D eigenvalue weighted by Gasteiger charge is -2.48. The Kier molecular flexibility index (Phi) is 6.37. The Bertz CT molecular complexity index is 898. The van der Waals surface area contributed by atoms with Gasteiger partial charge in [0, 0.05) is 17.4 Å². The standard InChI is InChI=1S/C20H23FN2O6S/c1-20(2,3)19(26)29-10-28-18(25)15-11(8-27-13-6-4-5-12(21)7-13)9-30-17-14(22)16(24)23(15)17/h4-7,14,17H,8-10,22H2,1-3H3/t14?,17-/m1/s1. The zero-order valence-electron chi connectivity index (χ0n) is 16.8. The van der Waals surface area contributed by atoms with Gasteiger partial charge in [-0.25, -0.2) is 9.18 Å². The fourth-order valence-corrected chi connectivity index (χ4v) is 4.10. The summed E-state index contributed by atoms with van der Waals surface area (Å²) in [7, 11) is 0.